The summed E-state index contributed by atoms with van der Waals surface area (Å²) in [5, 5.41) is 6.14. The Bertz CT molecular complexity index is 593. The van der Waals surface area contributed by atoms with Crippen LogP contribution >= 0.6 is 12.4 Å². The van der Waals surface area contributed by atoms with Crippen molar-refractivity contribution in [2.75, 3.05) is 13.1 Å². The van der Waals surface area contributed by atoms with Crippen LogP contribution in [0.1, 0.15) is 61.1 Å². The van der Waals surface area contributed by atoms with Gasteiger partial charge in [0.2, 0.25) is 0 Å². The van der Waals surface area contributed by atoms with Gasteiger partial charge in [-0.05, 0) is 31.7 Å². The van der Waals surface area contributed by atoms with Gasteiger partial charge in [0.15, 0.2) is 0 Å². The number of carbonyl (C=O) groups excluding carboxylic acids is 2. The van der Waals surface area contributed by atoms with Crippen LogP contribution in [0.15, 0.2) is 16.7 Å². The first-order chi connectivity index (χ1) is 12.2. The summed E-state index contributed by atoms with van der Waals surface area (Å²) < 4.78 is 5.23. The molecule has 1 saturated heterocycles. The third kappa shape index (κ3) is 5.38. The molecule has 1 aromatic heterocycles. The van der Waals surface area contributed by atoms with E-state index in [0.29, 0.717) is 30.5 Å². The number of amides is 3. The van der Waals surface area contributed by atoms with Crippen LogP contribution in [-0.2, 0) is 6.54 Å². The monoisotopic (exact) mass is 384 g/mol. The molecule has 146 valence electrons. The standard InChI is InChI=1S/C18H28N4O3.ClH/c19-11-16-10-13(12-25-16)17(23)22-8-6-15(7-9-22)21-18(24)20-14-4-2-1-3-5-14;/h10,12,14-15H,1-9,11,19H2,(H2,20,21,24);1H. The molecular formula is C18H29ClN4O3. The van der Waals surface area contributed by atoms with Crippen LogP contribution in [0, 0.1) is 0 Å². The van der Waals surface area contributed by atoms with E-state index in [1.54, 1.807) is 6.07 Å². The molecule has 8 heteroatoms. The molecule has 0 radical (unpaired) electrons. The average molecular weight is 385 g/mol. The van der Waals surface area contributed by atoms with E-state index in [1.165, 1.54) is 25.5 Å². The SMILES string of the molecule is Cl.NCc1cc(C(=O)N2CCC(NC(=O)NC3CCCCC3)CC2)co1. The van der Waals surface area contributed by atoms with Crippen molar-refractivity contribution in [3.05, 3.63) is 23.7 Å². The second kappa shape index (κ2) is 9.83. The number of nitrogens with two attached hydrogens (primary N) is 1. The Hall–Kier alpha value is -1.73. The van der Waals surface area contributed by atoms with E-state index >= 15 is 0 Å². The smallest absolute Gasteiger partial charge is 0.315 e. The van der Waals surface area contributed by atoms with Gasteiger partial charge >= 0.3 is 6.03 Å². The first-order valence-electron chi connectivity index (χ1n) is 9.29. The van der Waals surface area contributed by atoms with E-state index in [2.05, 4.69) is 10.6 Å². The van der Waals surface area contributed by atoms with Gasteiger partial charge in [0.05, 0.1) is 12.1 Å². The number of nitrogens with one attached hydrogen (secondary N) is 2. The Labute approximate surface area is 160 Å². The van der Waals surface area contributed by atoms with E-state index in [9.17, 15) is 9.59 Å². The number of hydrogen-bond donors (Lipinski definition) is 3. The first kappa shape index (κ1) is 20.6. The summed E-state index contributed by atoms with van der Waals surface area (Å²) in [5.74, 6) is 0.577. The van der Waals surface area contributed by atoms with Crippen LogP contribution < -0.4 is 16.4 Å². The summed E-state index contributed by atoms with van der Waals surface area (Å²) in [4.78, 5) is 26.4. The highest BCUT2D eigenvalue weighted by Crippen LogP contribution is 2.18. The molecule has 4 N–H and O–H groups in total. The number of urea groups is 1. The van der Waals surface area contributed by atoms with Crippen molar-refractivity contribution in [3.63, 3.8) is 0 Å². The van der Waals surface area contributed by atoms with Gasteiger partial charge in [0, 0.05) is 25.2 Å². The fraction of sp³-hybridized carbons (Fsp3) is 0.667. The maximum absolute atomic E-state index is 12.4. The molecule has 1 saturated carbocycles. The van der Waals surface area contributed by atoms with Crippen LogP contribution in [0.25, 0.3) is 0 Å². The molecule has 2 heterocycles. The van der Waals surface area contributed by atoms with Gasteiger partial charge in [0.1, 0.15) is 12.0 Å². The molecule has 1 aliphatic carbocycles. The fourth-order valence-electron chi connectivity index (χ4n) is 3.67. The lowest BCUT2D eigenvalue weighted by Crippen LogP contribution is -2.51. The van der Waals surface area contributed by atoms with Crippen LogP contribution in [0.5, 0.6) is 0 Å². The highest BCUT2D eigenvalue weighted by molar-refractivity contribution is 5.94. The zero-order chi connectivity index (χ0) is 17.6. The van der Waals surface area contributed by atoms with E-state index < -0.39 is 0 Å². The summed E-state index contributed by atoms with van der Waals surface area (Å²) in [6, 6.07) is 2.06. The molecule has 26 heavy (non-hydrogen) atoms. The number of carbonyl (C=O) groups is 2. The highest BCUT2D eigenvalue weighted by atomic mass is 35.5. The topological polar surface area (TPSA) is 101 Å². The zero-order valence-electron chi connectivity index (χ0n) is 15.0. The lowest BCUT2D eigenvalue weighted by Gasteiger charge is -2.32. The van der Waals surface area contributed by atoms with E-state index in [-0.39, 0.29) is 36.9 Å². The Balaban J connectivity index is 0.00000243. The number of furan rings is 1. The Morgan fingerprint density at radius 1 is 1.08 bits per heavy atom. The number of rotatable bonds is 4. The number of likely N-dealkylation sites (tertiary alicyclic amines) is 1. The Morgan fingerprint density at radius 3 is 2.27 bits per heavy atom. The van der Waals surface area contributed by atoms with E-state index in [0.717, 1.165) is 25.7 Å². The molecule has 2 fully saturated rings. The average Bonchev–Trinajstić information content (AvgIpc) is 3.12. The molecule has 0 aromatic carbocycles. The van der Waals surface area contributed by atoms with Crippen molar-refractivity contribution in [3.8, 4) is 0 Å². The molecule has 2 aliphatic rings. The second-order valence-corrected chi connectivity index (χ2v) is 7.03. The minimum absolute atomic E-state index is 0. The van der Waals surface area contributed by atoms with Crippen molar-refractivity contribution in [2.45, 2.75) is 63.6 Å². The summed E-state index contributed by atoms with van der Waals surface area (Å²) in [5.41, 5.74) is 6.05. The molecule has 1 aromatic rings. The maximum Gasteiger partial charge on any atom is 0.315 e. The van der Waals surface area contributed by atoms with Crippen LogP contribution in [0.2, 0.25) is 0 Å². The fourth-order valence-corrected chi connectivity index (χ4v) is 3.67. The lowest BCUT2D eigenvalue weighted by molar-refractivity contribution is 0.0707. The quantitative estimate of drug-likeness (QED) is 0.741. The van der Waals surface area contributed by atoms with Crippen molar-refractivity contribution < 1.29 is 14.0 Å². The van der Waals surface area contributed by atoms with Crippen molar-refractivity contribution in [1.29, 1.82) is 0 Å². The molecule has 0 atom stereocenters. The third-order valence-electron chi connectivity index (χ3n) is 5.16. The molecule has 3 rings (SSSR count). The maximum atomic E-state index is 12.4. The van der Waals surface area contributed by atoms with Gasteiger partial charge in [-0.25, -0.2) is 4.79 Å². The van der Waals surface area contributed by atoms with E-state index in [1.807, 2.05) is 4.90 Å². The normalized spacial score (nSPS) is 18.9. The predicted octanol–water partition coefficient (Wildman–Crippen LogP) is 2.40. The molecular weight excluding hydrogens is 356 g/mol. The second-order valence-electron chi connectivity index (χ2n) is 7.03. The summed E-state index contributed by atoms with van der Waals surface area (Å²) >= 11 is 0. The number of nitrogens with zero attached hydrogens (tertiary/aromatic N) is 1. The van der Waals surface area contributed by atoms with E-state index in [4.69, 9.17) is 10.2 Å². The first-order valence-corrected chi connectivity index (χ1v) is 9.29. The lowest BCUT2D eigenvalue weighted by atomic mass is 9.96. The number of hydrogen-bond acceptors (Lipinski definition) is 4. The molecule has 0 unspecified atom stereocenters. The molecule has 0 spiro atoms. The minimum atomic E-state index is -0.0703. The molecule has 7 nitrogen and oxygen atoms in total. The van der Waals surface area contributed by atoms with Crippen molar-refractivity contribution >= 4 is 24.3 Å². The highest BCUT2D eigenvalue weighted by Gasteiger charge is 2.26. The molecule has 1 aliphatic heterocycles. The largest absolute Gasteiger partial charge is 0.467 e. The van der Waals surface area contributed by atoms with Gasteiger partial charge < -0.3 is 25.7 Å². The Morgan fingerprint density at radius 2 is 1.69 bits per heavy atom. The summed E-state index contributed by atoms with van der Waals surface area (Å²) in [7, 11) is 0. The van der Waals surface area contributed by atoms with Gasteiger partial charge in [0.25, 0.3) is 5.91 Å². The van der Waals surface area contributed by atoms with Gasteiger partial charge in [-0.3, -0.25) is 4.79 Å². The van der Waals surface area contributed by atoms with Crippen LogP contribution in [0.4, 0.5) is 4.79 Å². The van der Waals surface area contributed by atoms with Crippen molar-refractivity contribution in [2.24, 2.45) is 5.73 Å². The third-order valence-corrected chi connectivity index (χ3v) is 5.16. The van der Waals surface area contributed by atoms with Crippen molar-refractivity contribution in [1.82, 2.24) is 15.5 Å². The van der Waals surface area contributed by atoms with Crippen LogP contribution in [-0.4, -0.2) is 42.0 Å². The Kier molecular flexibility index (Phi) is 7.78. The van der Waals surface area contributed by atoms with Gasteiger partial charge in [-0.1, -0.05) is 19.3 Å². The van der Waals surface area contributed by atoms with Gasteiger partial charge in [-0.2, -0.15) is 0 Å². The van der Waals surface area contributed by atoms with Crippen LogP contribution in [0.3, 0.4) is 0 Å². The number of piperidine rings is 1. The number of halogens is 1. The summed E-state index contributed by atoms with van der Waals surface area (Å²) in [6.07, 6.45) is 8.83. The molecule has 3 amide bonds. The predicted molar refractivity (Wildman–Crippen MR) is 101 cm³/mol. The summed E-state index contributed by atoms with van der Waals surface area (Å²) in [6.45, 7) is 1.56. The zero-order valence-corrected chi connectivity index (χ0v) is 15.9. The molecule has 0 bridgehead atoms. The minimum Gasteiger partial charge on any atom is -0.467 e. The van der Waals surface area contributed by atoms with Gasteiger partial charge in [-0.15, -0.1) is 12.4 Å².